The first-order valence-electron chi connectivity index (χ1n) is 11.1. The number of carbonyl (C=O) groups excluding carboxylic acids is 2. The molecule has 3 rings (SSSR count). The molecule has 3 amide bonds. The van der Waals surface area contributed by atoms with E-state index < -0.39 is 0 Å². The van der Waals surface area contributed by atoms with E-state index in [9.17, 15) is 14.0 Å². The Morgan fingerprint density at radius 2 is 1.76 bits per heavy atom. The van der Waals surface area contributed by atoms with Crippen LogP contribution in [-0.2, 0) is 24.3 Å². The van der Waals surface area contributed by atoms with E-state index in [1.54, 1.807) is 28.4 Å². The minimum Gasteiger partial charge on any atom is -0.332 e. The number of anilines is 1. The first kappa shape index (κ1) is 24.5. The normalized spacial score (nSPS) is 10.8. The maximum Gasteiger partial charge on any atom is 0.322 e. The molecule has 5 nitrogen and oxygen atoms in total. The molecule has 0 saturated carbocycles. The summed E-state index contributed by atoms with van der Waals surface area (Å²) in [6.45, 7) is 6.55. The van der Waals surface area contributed by atoms with Crippen molar-refractivity contribution in [3.63, 3.8) is 0 Å². The fourth-order valence-electron chi connectivity index (χ4n) is 3.43. The van der Waals surface area contributed by atoms with Gasteiger partial charge in [0.2, 0.25) is 5.91 Å². The van der Waals surface area contributed by atoms with Crippen LogP contribution in [0.25, 0.3) is 0 Å². The first-order valence-corrected chi connectivity index (χ1v) is 11.9. The Kier molecular flexibility index (Phi) is 8.60. The van der Waals surface area contributed by atoms with Gasteiger partial charge in [0.05, 0.1) is 6.54 Å². The molecular weight excluding hydrogens is 437 g/mol. The highest BCUT2D eigenvalue weighted by atomic mass is 32.1. The second-order valence-corrected chi connectivity index (χ2v) is 9.19. The summed E-state index contributed by atoms with van der Waals surface area (Å²) < 4.78 is 13.3. The van der Waals surface area contributed by atoms with Gasteiger partial charge in [-0.3, -0.25) is 4.79 Å². The Morgan fingerprint density at radius 3 is 2.39 bits per heavy atom. The Morgan fingerprint density at radius 1 is 1.00 bits per heavy atom. The summed E-state index contributed by atoms with van der Waals surface area (Å²) in [4.78, 5) is 30.7. The molecule has 1 heterocycles. The second kappa shape index (κ2) is 11.6. The molecule has 0 aliphatic rings. The van der Waals surface area contributed by atoms with Crippen LogP contribution in [-0.4, -0.2) is 34.3 Å². The number of amides is 3. The Labute approximate surface area is 198 Å². The van der Waals surface area contributed by atoms with Crippen LogP contribution in [0.2, 0.25) is 0 Å². The summed E-state index contributed by atoms with van der Waals surface area (Å²) in [7, 11) is 0. The number of benzene rings is 2. The molecule has 0 unspecified atom stereocenters. The number of rotatable bonds is 9. The van der Waals surface area contributed by atoms with Crippen molar-refractivity contribution in [2.24, 2.45) is 0 Å². The largest absolute Gasteiger partial charge is 0.332 e. The molecular formula is C26H30FN3O2S. The summed E-state index contributed by atoms with van der Waals surface area (Å²) in [5.74, 6) is -0.483. The van der Waals surface area contributed by atoms with Crippen molar-refractivity contribution < 1.29 is 14.0 Å². The zero-order valence-electron chi connectivity index (χ0n) is 19.3. The zero-order chi connectivity index (χ0) is 23.8. The fourth-order valence-corrected chi connectivity index (χ4v) is 4.15. The molecule has 1 aromatic heterocycles. The molecule has 7 heteroatoms. The summed E-state index contributed by atoms with van der Waals surface area (Å²) >= 11 is 1.57. The summed E-state index contributed by atoms with van der Waals surface area (Å²) in [5, 5.41) is 4.89. The molecule has 0 fully saturated rings. The van der Waals surface area contributed by atoms with Crippen LogP contribution in [0, 0.1) is 5.82 Å². The van der Waals surface area contributed by atoms with Crippen LogP contribution in [0.5, 0.6) is 0 Å². The number of halogens is 1. The fraction of sp³-hybridized carbons (Fsp3) is 0.308. The quantitative estimate of drug-likeness (QED) is 0.425. The lowest BCUT2D eigenvalue weighted by Crippen LogP contribution is -2.47. The van der Waals surface area contributed by atoms with Crippen LogP contribution < -0.4 is 5.32 Å². The maximum atomic E-state index is 13.3. The Bertz CT molecular complexity index is 1050. The van der Waals surface area contributed by atoms with Gasteiger partial charge in [-0.25, -0.2) is 9.18 Å². The molecule has 174 valence electrons. The van der Waals surface area contributed by atoms with Crippen molar-refractivity contribution in [1.82, 2.24) is 9.80 Å². The third-order valence-electron chi connectivity index (χ3n) is 5.34. The van der Waals surface area contributed by atoms with Gasteiger partial charge in [0, 0.05) is 23.2 Å². The van der Waals surface area contributed by atoms with E-state index in [0.717, 1.165) is 22.4 Å². The maximum absolute atomic E-state index is 13.3. The molecule has 3 aromatic rings. The van der Waals surface area contributed by atoms with Crippen molar-refractivity contribution in [1.29, 1.82) is 0 Å². The molecule has 33 heavy (non-hydrogen) atoms. The zero-order valence-corrected chi connectivity index (χ0v) is 20.1. The molecule has 0 atom stereocenters. The van der Waals surface area contributed by atoms with E-state index in [2.05, 4.69) is 12.2 Å². The lowest BCUT2D eigenvalue weighted by Gasteiger charge is -2.30. The van der Waals surface area contributed by atoms with Crippen molar-refractivity contribution in [2.75, 3.05) is 11.9 Å². The molecule has 1 N–H and O–H groups in total. The highest BCUT2D eigenvalue weighted by molar-refractivity contribution is 7.09. The van der Waals surface area contributed by atoms with E-state index in [4.69, 9.17) is 0 Å². The van der Waals surface area contributed by atoms with Gasteiger partial charge in [-0.2, -0.15) is 0 Å². The van der Waals surface area contributed by atoms with Gasteiger partial charge >= 0.3 is 6.03 Å². The number of aryl methyl sites for hydroxylation is 1. The predicted octanol–water partition coefficient (Wildman–Crippen LogP) is 5.92. The number of hydrogen-bond acceptors (Lipinski definition) is 3. The highest BCUT2D eigenvalue weighted by Gasteiger charge is 2.24. The van der Waals surface area contributed by atoms with Gasteiger partial charge in [0.25, 0.3) is 0 Å². The van der Waals surface area contributed by atoms with E-state index in [-0.39, 0.29) is 30.3 Å². The number of nitrogens with one attached hydrogen (secondary N) is 1. The predicted molar refractivity (Wildman–Crippen MR) is 132 cm³/mol. The van der Waals surface area contributed by atoms with E-state index in [0.29, 0.717) is 18.8 Å². The van der Waals surface area contributed by atoms with E-state index >= 15 is 0 Å². The summed E-state index contributed by atoms with van der Waals surface area (Å²) in [5.41, 5.74) is 2.67. The Hall–Kier alpha value is -3.19. The third-order valence-corrected chi connectivity index (χ3v) is 6.20. The lowest BCUT2D eigenvalue weighted by atomic mass is 10.1. The van der Waals surface area contributed by atoms with Crippen molar-refractivity contribution in [3.05, 3.63) is 87.9 Å². The average molecular weight is 468 g/mol. The monoisotopic (exact) mass is 467 g/mol. The number of carbonyl (C=O) groups is 2. The number of hydrogen-bond donors (Lipinski definition) is 1. The molecule has 0 bridgehead atoms. The van der Waals surface area contributed by atoms with Crippen LogP contribution in [0.15, 0.2) is 66.0 Å². The van der Waals surface area contributed by atoms with Crippen LogP contribution >= 0.6 is 11.3 Å². The van der Waals surface area contributed by atoms with Crippen molar-refractivity contribution >= 4 is 29.0 Å². The van der Waals surface area contributed by atoms with Crippen molar-refractivity contribution in [2.45, 2.75) is 46.3 Å². The van der Waals surface area contributed by atoms with Gasteiger partial charge in [-0.15, -0.1) is 11.3 Å². The van der Waals surface area contributed by atoms with Crippen molar-refractivity contribution in [3.8, 4) is 0 Å². The van der Waals surface area contributed by atoms with Crippen LogP contribution in [0.4, 0.5) is 14.9 Å². The number of thiophene rings is 1. The third kappa shape index (κ3) is 7.15. The first-order chi connectivity index (χ1) is 15.9. The van der Waals surface area contributed by atoms with Crippen LogP contribution in [0.1, 0.15) is 36.8 Å². The number of nitrogens with zero attached hydrogens (tertiary/aromatic N) is 2. The number of urea groups is 1. The smallest absolute Gasteiger partial charge is 0.322 e. The minimum absolute atomic E-state index is 0.0520. The van der Waals surface area contributed by atoms with Gasteiger partial charge in [-0.1, -0.05) is 37.3 Å². The summed E-state index contributed by atoms with van der Waals surface area (Å²) in [6.07, 6.45) is 0.872. The Balaban J connectivity index is 1.74. The highest BCUT2D eigenvalue weighted by Crippen LogP contribution is 2.17. The topological polar surface area (TPSA) is 52.7 Å². The van der Waals surface area contributed by atoms with Gasteiger partial charge in [0.15, 0.2) is 0 Å². The molecule has 0 aliphatic heterocycles. The van der Waals surface area contributed by atoms with Gasteiger partial charge < -0.3 is 15.1 Å². The van der Waals surface area contributed by atoms with E-state index in [1.165, 1.54) is 17.0 Å². The second-order valence-electron chi connectivity index (χ2n) is 8.16. The SMILES string of the molecule is CCc1cccc(NC(=O)N(CC(=O)N(Cc2ccc(F)cc2)Cc2cccs2)C(C)C)c1. The van der Waals surface area contributed by atoms with Gasteiger partial charge in [-0.05, 0) is 67.1 Å². The summed E-state index contributed by atoms with van der Waals surface area (Å²) in [6, 6.07) is 17.3. The minimum atomic E-state index is -0.315. The molecule has 0 saturated heterocycles. The lowest BCUT2D eigenvalue weighted by molar-refractivity contribution is -0.133. The molecule has 2 aromatic carbocycles. The van der Waals surface area contributed by atoms with Crippen LogP contribution in [0.3, 0.4) is 0 Å². The average Bonchev–Trinajstić information content (AvgIpc) is 3.31. The standard InChI is InChI=1S/C26H30FN3O2S/c1-4-20-7-5-8-23(15-20)28-26(32)30(19(2)3)18-25(31)29(17-24-9-6-14-33-24)16-21-10-12-22(27)13-11-21/h5-15,19H,4,16-18H2,1-3H3,(H,28,32). The van der Waals surface area contributed by atoms with Gasteiger partial charge in [0.1, 0.15) is 12.4 Å². The molecule has 0 aliphatic carbocycles. The molecule has 0 spiro atoms. The molecule has 0 radical (unpaired) electrons. The van der Waals surface area contributed by atoms with E-state index in [1.807, 2.05) is 55.6 Å².